The van der Waals surface area contributed by atoms with E-state index < -0.39 is 23.5 Å². The first-order chi connectivity index (χ1) is 15.8. The maximum absolute atomic E-state index is 13.2. The van der Waals surface area contributed by atoms with Crippen molar-refractivity contribution in [3.05, 3.63) is 88.5 Å². The molecule has 0 aliphatic carbocycles. The normalized spacial score (nSPS) is 17.3. The van der Waals surface area contributed by atoms with Crippen molar-refractivity contribution in [3.8, 4) is 17.2 Å². The number of aromatic hydroxyl groups is 1. The summed E-state index contributed by atoms with van der Waals surface area (Å²) in [6.07, 6.45) is 0. The second-order valence-corrected chi connectivity index (χ2v) is 7.72. The number of phenols is 1. The highest BCUT2D eigenvalue weighted by Gasteiger charge is 2.47. The monoisotopic (exact) mass is 465 g/mol. The van der Waals surface area contributed by atoms with Crippen molar-refractivity contribution in [2.75, 3.05) is 19.1 Å². The first-order valence-corrected chi connectivity index (χ1v) is 10.3. The van der Waals surface area contributed by atoms with Crippen LogP contribution in [0.5, 0.6) is 17.2 Å². The summed E-state index contributed by atoms with van der Waals surface area (Å²) in [5, 5.41) is 21.5. The van der Waals surface area contributed by atoms with Crippen molar-refractivity contribution < 1.29 is 29.3 Å². The predicted molar refractivity (Wildman–Crippen MR) is 124 cm³/mol. The number of ketones is 1. The number of amides is 1. The van der Waals surface area contributed by atoms with Crippen molar-refractivity contribution >= 4 is 34.7 Å². The summed E-state index contributed by atoms with van der Waals surface area (Å²) in [5.74, 6) is -1.23. The molecule has 0 radical (unpaired) electrons. The molecule has 1 amide bonds. The number of benzene rings is 3. The van der Waals surface area contributed by atoms with E-state index in [0.29, 0.717) is 22.7 Å². The van der Waals surface area contributed by atoms with Gasteiger partial charge in [-0.3, -0.25) is 14.5 Å². The van der Waals surface area contributed by atoms with Gasteiger partial charge in [-0.15, -0.1) is 0 Å². The first kappa shape index (κ1) is 22.2. The van der Waals surface area contributed by atoms with E-state index in [9.17, 15) is 19.8 Å². The summed E-state index contributed by atoms with van der Waals surface area (Å²) >= 11 is 6.21. The van der Waals surface area contributed by atoms with Crippen LogP contribution in [0.2, 0.25) is 5.02 Å². The van der Waals surface area contributed by atoms with Crippen LogP contribution in [-0.4, -0.2) is 36.1 Å². The average Bonchev–Trinajstić information content (AvgIpc) is 3.09. The lowest BCUT2D eigenvalue weighted by atomic mass is 9.95. The molecule has 1 saturated heterocycles. The number of aliphatic hydroxyl groups excluding tert-OH is 1. The van der Waals surface area contributed by atoms with Crippen molar-refractivity contribution in [3.63, 3.8) is 0 Å². The Kier molecular flexibility index (Phi) is 5.98. The van der Waals surface area contributed by atoms with Crippen molar-refractivity contribution in [2.24, 2.45) is 0 Å². The molecular weight excluding hydrogens is 446 g/mol. The number of aliphatic hydroxyl groups is 1. The average molecular weight is 466 g/mol. The number of nitrogens with zero attached hydrogens (tertiary/aromatic N) is 1. The molecule has 8 heteroatoms. The van der Waals surface area contributed by atoms with E-state index >= 15 is 0 Å². The number of methoxy groups -OCH3 is 2. The molecule has 3 aromatic rings. The van der Waals surface area contributed by atoms with Gasteiger partial charge in [-0.05, 0) is 48.0 Å². The topological polar surface area (TPSA) is 96.3 Å². The Bertz CT molecular complexity index is 1290. The maximum atomic E-state index is 13.2. The molecule has 1 heterocycles. The van der Waals surface area contributed by atoms with Gasteiger partial charge in [0.2, 0.25) is 0 Å². The molecule has 33 heavy (non-hydrogen) atoms. The number of rotatable bonds is 5. The number of hydrogen-bond acceptors (Lipinski definition) is 6. The standard InChI is InChI=1S/C25H20ClNO6/c1-32-18-8-4-6-16(13-18)27-22(14-5-3-7-17(28)11-14)21(24(30)25(27)31)23(29)15-9-10-20(33-2)19(26)12-15/h3-13,22,28-29H,1-2H3/b23-21+. The van der Waals surface area contributed by atoms with Gasteiger partial charge in [0.1, 0.15) is 23.0 Å². The van der Waals surface area contributed by atoms with E-state index in [4.69, 9.17) is 21.1 Å². The smallest absolute Gasteiger partial charge is 0.300 e. The van der Waals surface area contributed by atoms with Gasteiger partial charge in [0.25, 0.3) is 11.7 Å². The van der Waals surface area contributed by atoms with Crippen LogP contribution in [0.1, 0.15) is 17.2 Å². The fourth-order valence-electron chi connectivity index (χ4n) is 3.84. The zero-order valence-electron chi connectivity index (χ0n) is 17.8. The van der Waals surface area contributed by atoms with Crippen LogP contribution >= 0.6 is 11.6 Å². The van der Waals surface area contributed by atoms with Crippen LogP contribution < -0.4 is 14.4 Å². The molecule has 0 spiro atoms. The summed E-state index contributed by atoms with van der Waals surface area (Å²) in [6.45, 7) is 0. The van der Waals surface area contributed by atoms with Gasteiger partial charge in [-0.25, -0.2) is 0 Å². The van der Waals surface area contributed by atoms with Crippen molar-refractivity contribution in [2.45, 2.75) is 6.04 Å². The van der Waals surface area contributed by atoms with Gasteiger partial charge < -0.3 is 19.7 Å². The quantitative estimate of drug-likeness (QED) is 0.322. The molecule has 0 aromatic heterocycles. The maximum Gasteiger partial charge on any atom is 0.300 e. The second kappa shape index (κ2) is 8.88. The van der Waals surface area contributed by atoms with Gasteiger partial charge in [0, 0.05) is 17.3 Å². The van der Waals surface area contributed by atoms with Crippen LogP contribution in [0.15, 0.2) is 72.3 Å². The summed E-state index contributed by atoms with van der Waals surface area (Å²) in [7, 11) is 2.95. The molecule has 3 aromatic carbocycles. The SMILES string of the molecule is COc1cccc(N2C(=O)C(=O)/C(=C(/O)c3ccc(OC)c(Cl)c3)C2c2cccc(O)c2)c1. The number of carbonyl (C=O) groups excluding carboxylic acids is 2. The van der Waals surface area contributed by atoms with Crippen molar-refractivity contribution in [1.82, 2.24) is 0 Å². The molecule has 4 rings (SSSR count). The molecule has 1 aliphatic rings. The van der Waals surface area contributed by atoms with Crippen LogP contribution in [0.25, 0.3) is 5.76 Å². The largest absolute Gasteiger partial charge is 0.508 e. The first-order valence-electron chi connectivity index (χ1n) is 9.93. The molecule has 1 fully saturated rings. The Hall–Kier alpha value is -3.97. The second-order valence-electron chi connectivity index (χ2n) is 7.31. The predicted octanol–water partition coefficient (Wildman–Crippen LogP) is 4.69. The van der Waals surface area contributed by atoms with E-state index in [1.54, 1.807) is 48.5 Å². The fourth-order valence-corrected chi connectivity index (χ4v) is 4.10. The molecule has 1 aliphatic heterocycles. The minimum Gasteiger partial charge on any atom is -0.508 e. The molecule has 1 unspecified atom stereocenters. The Morgan fingerprint density at radius 2 is 1.73 bits per heavy atom. The van der Waals surface area contributed by atoms with Gasteiger partial charge in [-0.2, -0.15) is 0 Å². The zero-order chi connectivity index (χ0) is 23.7. The highest BCUT2D eigenvalue weighted by atomic mass is 35.5. The van der Waals surface area contributed by atoms with Crippen LogP contribution in [0, 0.1) is 0 Å². The summed E-state index contributed by atoms with van der Waals surface area (Å²) < 4.78 is 10.4. The van der Waals surface area contributed by atoms with Crippen molar-refractivity contribution in [1.29, 1.82) is 0 Å². The lowest BCUT2D eigenvalue weighted by Gasteiger charge is -2.26. The molecule has 0 saturated carbocycles. The van der Waals surface area contributed by atoms with Gasteiger partial charge in [-0.1, -0.05) is 29.8 Å². The summed E-state index contributed by atoms with van der Waals surface area (Å²) in [5.41, 5.74) is 0.957. The summed E-state index contributed by atoms with van der Waals surface area (Å²) in [4.78, 5) is 27.6. The molecule has 1 atom stereocenters. The molecule has 7 nitrogen and oxygen atoms in total. The van der Waals surface area contributed by atoms with Crippen LogP contribution in [0.3, 0.4) is 0 Å². The van der Waals surface area contributed by atoms with Gasteiger partial charge in [0.05, 0.1) is 30.9 Å². The number of Topliss-reactive ketones (excluding diaryl/α,β-unsaturated/α-hetero) is 1. The van der Waals surface area contributed by atoms with E-state index in [-0.39, 0.29) is 21.9 Å². The summed E-state index contributed by atoms with van der Waals surface area (Å²) in [6, 6.07) is 16.4. The molecule has 2 N–H and O–H groups in total. The number of anilines is 1. The lowest BCUT2D eigenvalue weighted by molar-refractivity contribution is -0.132. The van der Waals surface area contributed by atoms with E-state index in [1.165, 1.54) is 37.3 Å². The zero-order valence-corrected chi connectivity index (χ0v) is 18.5. The number of ether oxygens (including phenoxy) is 2. The highest BCUT2D eigenvalue weighted by molar-refractivity contribution is 6.51. The third-order valence-electron chi connectivity index (χ3n) is 5.39. The Morgan fingerprint density at radius 3 is 2.39 bits per heavy atom. The van der Waals surface area contributed by atoms with Gasteiger partial charge in [0.15, 0.2) is 0 Å². The van der Waals surface area contributed by atoms with E-state index in [0.717, 1.165) is 0 Å². The Balaban J connectivity index is 1.95. The van der Waals surface area contributed by atoms with E-state index in [1.807, 2.05) is 0 Å². The van der Waals surface area contributed by atoms with Gasteiger partial charge >= 0.3 is 0 Å². The number of carbonyl (C=O) groups is 2. The third-order valence-corrected chi connectivity index (χ3v) is 5.68. The molecular formula is C25H20ClNO6. The van der Waals surface area contributed by atoms with E-state index in [2.05, 4.69) is 0 Å². The minimum absolute atomic E-state index is 0.0452. The Labute approximate surface area is 195 Å². The van der Waals surface area contributed by atoms with Crippen LogP contribution in [-0.2, 0) is 9.59 Å². The minimum atomic E-state index is -0.995. The molecule has 168 valence electrons. The number of phenolic OH excluding ortho intramolecular Hbond substituents is 1. The highest BCUT2D eigenvalue weighted by Crippen LogP contribution is 2.43. The molecule has 0 bridgehead atoms. The lowest BCUT2D eigenvalue weighted by Crippen LogP contribution is -2.29. The Morgan fingerprint density at radius 1 is 0.970 bits per heavy atom. The number of hydrogen-bond donors (Lipinski definition) is 2. The fraction of sp³-hybridized carbons (Fsp3) is 0.120. The third kappa shape index (κ3) is 3.99. The van der Waals surface area contributed by atoms with Crippen LogP contribution in [0.4, 0.5) is 5.69 Å². The number of halogens is 1.